The SMILES string of the molecule is CC(CCNc1ccc(C#N)c(Cl)c1)c1ccccc1. The first kappa shape index (κ1) is 14.4. The molecule has 0 aliphatic heterocycles. The zero-order chi connectivity index (χ0) is 14.4. The summed E-state index contributed by atoms with van der Waals surface area (Å²) in [5.74, 6) is 0.512. The molecule has 1 N–H and O–H groups in total. The van der Waals surface area contributed by atoms with Crippen molar-refractivity contribution < 1.29 is 0 Å². The molecular formula is C17H17ClN2. The number of hydrogen-bond acceptors (Lipinski definition) is 2. The smallest absolute Gasteiger partial charge is 0.101 e. The maximum atomic E-state index is 8.83. The summed E-state index contributed by atoms with van der Waals surface area (Å²) in [5.41, 5.74) is 2.82. The molecule has 2 aromatic rings. The summed E-state index contributed by atoms with van der Waals surface area (Å²) in [7, 11) is 0. The minimum absolute atomic E-state index is 0.494. The van der Waals surface area contributed by atoms with Gasteiger partial charge in [-0.15, -0.1) is 0 Å². The van der Waals surface area contributed by atoms with Gasteiger partial charge in [0, 0.05) is 12.2 Å². The second kappa shape index (κ2) is 6.98. The number of anilines is 1. The molecule has 2 rings (SSSR count). The van der Waals surface area contributed by atoms with Gasteiger partial charge in [-0.25, -0.2) is 0 Å². The summed E-state index contributed by atoms with van der Waals surface area (Å²) in [5, 5.41) is 12.7. The molecule has 0 heterocycles. The standard InChI is InChI=1S/C17H17ClN2/c1-13(14-5-3-2-4-6-14)9-10-20-16-8-7-15(12-19)17(18)11-16/h2-8,11,13,20H,9-10H2,1H3. The van der Waals surface area contributed by atoms with E-state index in [0.717, 1.165) is 18.7 Å². The predicted molar refractivity (Wildman–Crippen MR) is 84.1 cm³/mol. The van der Waals surface area contributed by atoms with E-state index in [1.807, 2.05) is 12.1 Å². The third kappa shape index (κ3) is 3.76. The van der Waals surface area contributed by atoms with Crippen molar-refractivity contribution in [3.05, 3.63) is 64.7 Å². The van der Waals surface area contributed by atoms with Crippen LogP contribution < -0.4 is 5.32 Å². The Labute approximate surface area is 125 Å². The molecule has 3 heteroatoms. The molecule has 0 aliphatic carbocycles. The summed E-state index contributed by atoms with van der Waals surface area (Å²) >= 11 is 6.00. The highest BCUT2D eigenvalue weighted by molar-refractivity contribution is 6.32. The average molecular weight is 285 g/mol. The highest BCUT2D eigenvalue weighted by Gasteiger charge is 2.05. The van der Waals surface area contributed by atoms with Crippen LogP contribution in [0, 0.1) is 11.3 Å². The molecule has 2 aromatic carbocycles. The van der Waals surface area contributed by atoms with Crippen LogP contribution in [0.15, 0.2) is 48.5 Å². The Balaban J connectivity index is 1.87. The average Bonchev–Trinajstić information content (AvgIpc) is 2.48. The Morgan fingerprint density at radius 3 is 2.60 bits per heavy atom. The van der Waals surface area contributed by atoms with Gasteiger partial charge < -0.3 is 5.32 Å². The lowest BCUT2D eigenvalue weighted by Crippen LogP contribution is -2.06. The number of benzene rings is 2. The zero-order valence-corrected chi connectivity index (χ0v) is 12.2. The normalized spacial score (nSPS) is 11.7. The van der Waals surface area contributed by atoms with E-state index in [0.29, 0.717) is 16.5 Å². The van der Waals surface area contributed by atoms with Crippen molar-refractivity contribution >= 4 is 17.3 Å². The van der Waals surface area contributed by atoms with Crippen LogP contribution >= 0.6 is 11.6 Å². The lowest BCUT2D eigenvalue weighted by Gasteiger charge is -2.13. The van der Waals surface area contributed by atoms with Crippen LogP contribution in [0.4, 0.5) is 5.69 Å². The van der Waals surface area contributed by atoms with Crippen LogP contribution in [-0.4, -0.2) is 6.54 Å². The van der Waals surface area contributed by atoms with Crippen molar-refractivity contribution in [2.75, 3.05) is 11.9 Å². The van der Waals surface area contributed by atoms with Gasteiger partial charge in [-0.1, -0.05) is 48.9 Å². The van der Waals surface area contributed by atoms with Gasteiger partial charge in [-0.05, 0) is 36.1 Å². The van der Waals surface area contributed by atoms with Gasteiger partial charge in [-0.3, -0.25) is 0 Å². The molecule has 1 unspecified atom stereocenters. The first-order valence-electron chi connectivity index (χ1n) is 6.69. The zero-order valence-electron chi connectivity index (χ0n) is 11.4. The first-order valence-corrected chi connectivity index (χ1v) is 7.07. The molecule has 0 fully saturated rings. The largest absolute Gasteiger partial charge is 0.385 e. The molecule has 0 saturated carbocycles. The van der Waals surface area contributed by atoms with Gasteiger partial charge in [0.2, 0.25) is 0 Å². The summed E-state index contributed by atoms with van der Waals surface area (Å²) < 4.78 is 0. The highest BCUT2D eigenvalue weighted by Crippen LogP contribution is 2.22. The maximum Gasteiger partial charge on any atom is 0.101 e. The van der Waals surface area contributed by atoms with E-state index in [2.05, 4.69) is 42.6 Å². The summed E-state index contributed by atoms with van der Waals surface area (Å²) in [6, 6.07) is 18.0. The molecule has 102 valence electrons. The molecule has 2 nitrogen and oxygen atoms in total. The fourth-order valence-corrected chi connectivity index (χ4v) is 2.32. The third-order valence-electron chi connectivity index (χ3n) is 3.36. The van der Waals surface area contributed by atoms with E-state index in [4.69, 9.17) is 16.9 Å². The van der Waals surface area contributed by atoms with Crippen molar-refractivity contribution in [2.45, 2.75) is 19.3 Å². The Morgan fingerprint density at radius 2 is 1.95 bits per heavy atom. The van der Waals surface area contributed by atoms with Crippen LogP contribution in [-0.2, 0) is 0 Å². The minimum atomic E-state index is 0.494. The number of nitrogens with one attached hydrogen (secondary N) is 1. The molecule has 0 radical (unpaired) electrons. The Bertz CT molecular complexity index is 602. The molecule has 0 aromatic heterocycles. The van der Waals surface area contributed by atoms with Gasteiger partial charge in [0.15, 0.2) is 0 Å². The number of nitriles is 1. The molecule has 0 amide bonds. The van der Waals surface area contributed by atoms with E-state index >= 15 is 0 Å². The second-order valence-electron chi connectivity index (χ2n) is 4.83. The number of rotatable bonds is 5. The van der Waals surface area contributed by atoms with E-state index in [1.54, 1.807) is 12.1 Å². The molecule has 0 saturated heterocycles. The molecule has 0 bridgehead atoms. The van der Waals surface area contributed by atoms with Crippen LogP contribution in [0.2, 0.25) is 5.02 Å². The van der Waals surface area contributed by atoms with Gasteiger partial charge >= 0.3 is 0 Å². The highest BCUT2D eigenvalue weighted by atomic mass is 35.5. The van der Waals surface area contributed by atoms with Gasteiger partial charge in [0.1, 0.15) is 6.07 Å². The van der Waals surface area contributed by atoms with Crippen LogP contribution in [0.1, 0.15) is 30.4 Å². The van der Waals surface area contributed by atoms with Gasteiger partial charge in [0.25, 0.3) is 0 Å². The van der Waals surface area contributed by atoms with Gasteiger partial charge in [0.05, 0.1) is 10.6 Å². The third-order valence-corrected chi connectivity index (χ3v) is 3.68. The summed E-state index contributed by atoms with van der Waals surface area (Å²) in [4.78, 5) is 0. The lowest BCUT2D eigenvalue weighted by atomic mass is 9.98. The number of nitrogens with zero attached hydrogens (tertiary/aromatic N) is 1. The van der Waals surface area contributed by atoms with Crippen molar-refractivity contribution in [3.63, 3.8) is 0 Å². The van der Waals surface area contributed by atoms with Crippen molar-refractivity contribution in [1.82, 2.24) is 0 Å². The quantitative estimate of drug-likeness (QED) is 0.854. The second-order valence-corrected chi connectivity index (χ2v) is 5.24. The Hall–Kier alpha value is -1.98. The number of halogens is 1. The molecular weight excluding hydrogens is 268 g/mol. The van der Waals surface area contributed by atoms with E-state index in [9.17, 15) is 0 Å². The van der Waals surface area contributed by atoms with Crippen LogP contribution in [0.5, 0.6) is 0 Å². The van der Waals surface area contributed by atoms with E-state index in [-0.39, 0.29) is 0 Å². The predicted octanol–water partition coefficient (Wildman–Crippen LogP) is 4.82. The van der Waals surface area contributed by atoms with Crippen LogP contribution in [0.3, 0.4) is 0 Å². The van der Waals surface area contributed by atoms with Crippen molar-refractivity contribution in [3.8, 4) is 6.07 Å². The van der Waals surface area contributed by atoms with Gasteiger partial charge in [-0.2, -0.15) is 5.26 Å². The fraction of sp³-hybridized carbons (Fsp3) is 0.235. The minimum Gasteiger partial charge on any atom is -0.385 e. The Morgan fingerprint density at radius 1 is 1.20 bits per heavy atom. The van der Waals surface area contributed by atoms with Crippen LogP contribution in [0.25, 0.3) is 0 Å². The number of hydrogen-bond donors (Lipinski definition) is 1. The summed E-state index contributed by atoms with van der Waals surface area (Å²) in [6.07, 6.45) is 1.04. The molecule has 20 heavy (non-hydrogen) atoms. The molecule has 0 aliphatic rings. The molecule has 0 spiro atoms. The Kier molecular flexibility index (Phi) is 5.03. The van der Waals surface area contributed by atoms with Crippen molar-refractivity contribution in [1.29, 1.82) is 5.26 Å². The first-order chi connectivity index (χ1) is 9.70. The fourth-order valence-electron chi connectivity index (χ4n) is 2.10. The molecule has 1 atom stereocenters. The monoisotopic (exact) mass is 284 g/mol. The lowest BCUT2D eigenvalue weighted by molar-refractivity contribution is 0.706. The van der Waals surface area contributed by atoms with E-state index in [1.165, 1.54) is 5.56 Å². The van der Waals surface area contributed by atoms with E-state index < -0.39 is 0 Å². The summed E-state index contributed by atoms with van der Waals surface area (Å²) in [6.45, 7) is 3.10. The van der Waals surface area contributed by atoms with Crippen molar-refractivity contribution in [2.24, 2.45) is 0 Å². The maximum absolute atomic E-state index is 8.83. The topological polar surface area (TPSA) is 35.8 Å².